The monoisotopic (exact) mass is 244 g/mol. The van der Waals surface area contributed by atoms with Crippen LogP contribution in [0.15, 0.2) is 12.1 Å². The summed E-state index contributed by atoms with van der Waals surface area (Å²) in [7, 11) is 1.44. The molecule has 5 heteroatoms. The van der Waals surface area contributed by atoms with Gasteiger partial charge in [0, 0.05) is 20.5 Å². The number of hydrogen-bond donors (Lipinski definition) is 2. The van der Waals surface area contributed by atoms with Gasteiger partial charge in [0.25, 0.3) is 0 Å². The molecule has 1 rings (SSSR count). The average molecular weight is 244 g/mol. The van der Waals surface area contributed by atoms with Gasteiger partial charge in [-0.1, -0.05) is 13.8 Å². The van der Waals surface area contributed by atoms with Crippen molar-refractivity contribution in [3.05, 3.63) is 29.3 Å². The number of carbonyl (C=O) groups is 1. The summed E-state index contributed by atoms with van der Waals surface area (Å²) in [5.74, 6) is -1.58. The summed E-state index contributed by atoms with van der Waals surface area (Å²) in [6.07, 6.45) is 0. The van der Waals surface area contributed by atoms with Gasteiger partial charge in [0.05, 0.1) is 0 Å². The summed E-state index contributed by atoms with van der Waals surface area (Å²) in [6.45, 7) is 5.46. The highest BCUT2D eigenvalue weighted by atomic mass is 19.1. The van der Waals surface area contributed by atoms with Crippen LogP contribution < -0.4 is 10.6 Å². The largest absolute Gasteiger partial charge is 0.383 e. The average Bonchev–Trinajstić information content (AvgIpc) is 2.29. The number of hydrogen-bond acceptors (Lipinski definition) is 2. The second-order valence-corrected chi connectivity index (χ2v) is 3.09. The van der Waals surface area contributed by atoms with Crippen molar-refractivity contribution in [1.29, 1.82) is 0 Å². The van der Waals surface area contributed by atoms with E-state index in [0.717, 1.165) is 0 Å². The van der Waals surface area contributed by atoms with E-state index in [-0.39, 0.29) is 18.1 Å². The van der Waals surface area contributed by atoms with Crippen LogP contribution in [-0.4, -0.2) is 13.0 Å². The summed E-state index contributed by atoms with van der Waals surface area (Å²) in [5, 5.41) is 4.88. The van der Waals surface area contributed by atoms with Gasteiger partial charge in [0.1, 0.15) is 17.3 Å². The van der Waals surface area contributed by atoms with Crippen molar-refractivity contribution < 1.29 is 13.6 Å². The van der Waals surface area contributed by atoms with E-state index in [2.05, 4.69) is 10.6 Å². The molecule has 3 nitrogen and oxygen atoms in total. The Morgan fingerprint density at radius 1 is 1.24 bits per heavy atom. The van der Waals surface area contributed by atoms with Crippen LogP contribution in [0.4, 0.5) is 14.5 Å². The molecular formula is C12H18F2N2O. The lowest BCUT2D eigenvalue weighted by Gasteiger charge is -2.07. The molecule has 0 atom stereocenters. The first-order chi connectivity index (χ1) is 8.04. The zero-order valence-electron chi connectivity index (χ0n) is 10.5. The molecule has 1 aromatic carbocycles. The van der Waals surface area contributed by atoms with Crippen LogP contribution in [0, 0.1) is 11.6 Å². The topological polar surface area (TPSA) is 41.1 Å². The third kappa shape index (κ3) is 4.80. The van der Waals surface area contributed by atoms with Crippen molar-refractivity contribution in [1.82, 2.24) is 5.32 Å². The lowest BCUT2D eigenvalue weighted by atomic mass is 10.2. The van der Waals surface area contributed by atoms with Crippen LogP contribution >= 0.6 is 0 Å². The van der Waals surface area contributed by atoms with Gasteiger partial charge in [0.2, 0.25) is 5.91 Å². The van der Waals surface area contributed by atoms with Crippen molar-refractivity contribution in [2.75, 3.05) is 12.4 Å². The molecule has 0 aliphatic rings. The second kappa shape index (κ2) is 7.60. The Balaban J connectivity index is 0.00000121. The van der Waals surface area contributed by atoms with E-state index in [1.54, 1.807) is 0 Å². The summed E-state index contributed by atoms with van der Waals surface area (Å²) < 4.78 is 26.4. The van der Waals surface area contributed by atoms with E-state index in [9.17, 15) is 13.6 Å². The zero-order valence-corrected chi connectivity index (χ0v) is 10.5. The van der Waals surface area contributed by atoms with Crippen LogP contribution in [0.3, 0.4) is 0 Å². The van der Waals surface area contributed by atoms with E-state index < -0.39 is 11.6 Å². The van der Waals surface area contributed by atoms with E-state index in [4.69, 9.17) is 0 Å². The second-order valence-electron chi connectivity index (χ2n) is 3.09. The molecule has 2 N–H and O–H groups in total. The van der Waals surface area contributed by atoms with Gasteiger partial charge in [-0.25, -0.2) is 8.78 Å². The summed E-state index contributed by atoms with van der Waals surface area (Å²) >= 11 is 0. The number of rotatable bonds is 3. The van der Waals surface area contributed by atoms with E-state index in [1.165, 1.54) is 26.1 Å². The maximum Gasteiger partial charge on any atom is 0.217 e. The number of amides is 1. The van der Waals surface area contributed by atoms with Crippen molar-refractivity contribution in [2.24, 2.45) is 0 Å². The van der Waals surface area contributed by atoms with Gasteiger partial charge in [-0.15, -0.1) is 0 Å². The first-order valence-electron chi connectivity index (χ1n) is 5.44. The van der Waals surface area contributed by atoms with Gasteiger partial charge in [-0.2, -0.15) is 0 Å². The first-order valence-corrected chi connectivity index (χ1v) is 5.44. The highest BCUT2D eigenvalue weighted by Crippen LogP contribution is 2.19. The fourth-order valence-electron chi connectivity index (χ4n) is 1.19. The summed E-state index contributed by atoms with van der Waals surface area (Å²) in [6, 6.07) is 2.37. The molecule has 17 heavy (non-hydrogen) atoms. The Kier molecular flexibility index (Phi) is 6.86. The Morgan fingerprint density at radius 3 is 2.06 bits per heavy atom. The molecule has 0 heterocycles. The molecule has 0 aliphatic carbocycles. The van der Waals surface area contributed by atoms with Crippen LogP contribution in [-0.2, 0) is 11.3 Å². The summed E-state index contributed by atoms with van der Waals surface area (Å²) in [4.78, 5) is 10.6. The maximum absolute atomic E-state index is 13.2. The number of benzene rings is 1. The minimum absolute atomic E-state index is 0.118. The van der Waals surface area contributed by atoms with E-state index in [1.807, 2.05) is 13.8 Å². The van der Waals surface area contributed by atoms with Crippen molar-refractivity contribution in [3.8, 4) is 0 Å². The Labute approximate surface area is 100 Å². The molecule has 0 bridgehead atoms. The lowest BCUT2D eigenvalue weighted by Crippen LogP contribution is -2.19. The Morgan fingerprint density at radius 2 is 1.71 bits per heavy atom. The standard InChI is InChI=1S/C10H12F2N2O.C2H6/c1-6(15)14-5-7-3-8(11)10(13-2)9(12)4-7;1-2/h3-4,13H,5H2,1-2H3,(H,14,15);1-2H3. The fraction of sp³-hybridized carbons (Fsp3) is 0.417. The third-order valence-corrected chi connectivity index (χ3v) is 1.89. The zero-order chi connectivity index (χ0) is 13.4. The molecule has 96 valence electrons. The normalized spacial score (nSPS) is 9.06. The van der Waals surface area contributed by atoms with Crippen molar-refractivity contribution in [3.63, 3.8) is 0 Å². The molecule has 0 saturated heterocycles. The van der Waals surface area contributed by atoms with Crippen LogP contribution in [0.1, 0.15) is 26.3 Å². The summed E-state index contributed by atoms with van der Waals surface area (Å²) in [5.41, 5.74) is 0.223. The highest BCUT2D eigenvalue weighted by Gasteiger charge is 2.09. The van der Waals surface area contributed by atoms with Gasteiger partial charge in [-0.3, -0.25) is 4.79 Å². The quantitative estimate of drug-likeness (QED) is 0.858. The molecule has 0 unspecified atom stereocenters. The minimum Gasteiger partial charge on any atom is -0.383 e. The highest BCUT2D eigenvalue weighted by molar-refractivity contribution is 5.72. The van der Waals surface area contributed by atoms with Crippen molar-refractivity contribution in [2.45, 2.75) is 27.3 Å². The molecular weight excluding hydrogens is 226 g/mol. The molecule has 1 aromatic rings. The number of carbonyl (C=O) groups excluding carboxylic acids is 1. The Hall–Kier alpha value is -1.65. The molecule has 0 saturated carbocycles. The molecule has 0 aliphatic heterocycles. The predicted octanol–water partition coefficient (Wildman–Crippen LogP) is 2.67. The Bertz CT molecular complexity index is 358. The molecule has 0 aromatic heterocycles. The van der Waals surface area contributed by atoms with Crippen molar-refractivity contribution >= 4 is 11.6 Å². The van der Waals surface area contributed by atoms with Gasteiger partial charge in [0.15, 0.2) is 0 Å². The maximum atomic E-state index is 13.2. The van der Waals surface area contributed by atoms with Gasteiger partial charge >= 0.3 is 0 Å². The van der Waals surface area contributed by atoms with E-state index in [0.29, 0.717) is 5.56 Å². The lowest BCUT2D eigenvalue weighted by molar-refractivity contribution is -0.119. The van der Waals surface area contributed by atoms with Crippen LogP contribution in [0.5, 0.6) is 0 Å². The van der Waals surface area contributed by atoms with Gasteiger partial charge < -0.3 is 10.6 Å². The molecule has 0 spiro atoms. The van der Waals surface area contributed by atoms with Crippen LogP contribution in [0.25, 0.3) is 0 Å². The predicted molar refractivity (Wildman–Crippen MR) is 64.8 cm³/mol. The first kappa shape index (κ1) is 15.3. The molecule has 0 fully saturated rings. The molecule has 0 radical (unpaired) electrons. The smallest absolute Gasteiger partial charge is 0.217 e. The number of halogens is 2. The number of anilines is 1. The fourth-order valence-corrected chi connectivity index (χ4v) is 1.19. The van der Waals surface area contributed by atoms with E-state index >= 15 is 0 Å². The third-order valence-electron chi connectivity index (χ3n) is 1.89. The van der Waals surface area contributed by atoms with Crippen LogP contribution in [0.2, 0.25) is 0 Å². The molecule has 1 amide bonds. The number of nitrogens with one attached hydrogen (secondary N) is 2. The SMILES string of the molecule is CC.CNc1c(F)cc(CNC(C)=O)cc1F. The van der Waals surface area contributed by atoms with Gasteiger partial charge in [-0.05, 0) is 17.7 Å². The minimum atomic E-state index is -0.669.